The van der Waals surface area contributed by atoms with Crippen LogP contribution in [0.2, 0.25) is 0 Å². The van der Waals surface area contributed by atoms with Gasteiger partial charge in [0.1, 0.15) is 5.58 Å². The van der Waals surface area contributed by atoms with E-state index < -0.39 is 0 Å². The molecule has 0 aliphatic rings. The molecule has 5 nitrogen and oxygen atoms in total. The molecular weight excluding hydrogens is 685 g/mol. The third kappa shape index (κ3) is 5.37. The Morgan fingerprint density at radius 2 is 0.839 bits per heavy atom. The lowest BCUT2D eigenvalue weighted by Crippen LogP contribution is -2.00. The van der Waals surface area contributed by atoms with Gasteiger partial charge in [-0.25, -0.2) is 15.0 Å². The van der Waals surface area contributed by atoms with Crippen LogP contribution in [-0.4, -0.2) is 19.5 Å². The second-order valence-corrected chi connectivity index (χ2v) is 14.0. The maximum atomic E-state index is 6.77. The van der Waals surface area contributed by atoms with Gasteiger partial charge in [-0.15, -0.1) is 0 Å². The molecule has 0 aliphatic heterocycles. The highest BCUT2D eigenvalue weighted by molar-refractivity contribution is 6.21. The Bertz CT molecular complexity index is 3140. The highest BCUT2D eigenvalue weighted by Crippen LogP contribution is 2.41. The highest BCUT2D eigenvalue weighted by Gasteiger charge is 2.20. The van der Waals surface area contributed by atoms with Crippen LogP contribution >= 0.6 is 0 Å². The average Bonchev–Trinajstić information content (AvgIpc) is 3.83. The van der Waals surface area contributed by atoms with Gasteiger partial charge in [0, 0.05) is 43.9 Å². The Labute approximate surface area is 322 Å². The summed E-state index contributed by atoms with van der Waals surface area (Å²) in [5.41, 5.74) is 12.1. The van der Waals surface area contributed by atoms with Crippen molar-refractivity contribution in [3.8, 4) is 62.1 Å². The predicted octanol–water partition coefficient (Wildman–Crippen LogP) is 13.2. The number of aromatic nitrogens is 4. The number of benzene rings is 8. The molecule has 262 valence electrons. The molecule has 0 unspecified atom stereocenters. The van der Waals surface area contributed by atoms with Gasteiger partial charge in [-0.05, 0) is 76.9 Å². The molecule has 56 heavy (non-hydrogen) atoms. The lowest BCUT2D eigenvalue weighted by molar-refractivity contribution is 0.671. The number of rotatable bonds is 6. The summed E-state index contributed by atoms with van der Waals surface area (Å²) in [6.07, 6.45) is 0. The highest BCUT2D eigenvalue weighted by atomic mass is 16.3. The molecular formula is C51H32N4O. The second-order valence-electron chi connectivity index (χ2n) is 14.0. The topological polar surface area (TPSA) is 56.7 Å². The minimum absolute atomic E-state index is 0.593. The first-order valence-electron chi connectivity index (χ1n) is 18.8. The number of furan rings is 1. The number of nitrogens with zero attached hydrogens (tertiary/aromatic N) is 4. The van der Waals surface area contributed by atoms with Gasteiger partial charge in [0.05, 0.1) is 11.0 Å². The van der Waals surface area contributed by atoms with Crippen molar-refractivity contribution in [1.29, 1.82) is 0 Å². The second kappa shape index (κ2) is 13.0. The fourth-order valence-electron chi connectivity index (χ4n) is 7.97. The molecule has 0 spiro atoms. The quantitative estimate of drug-likeness (QED) is 0.172. The van der Waals surface area contributed by atoms with E-state index in [2.05, 4.69) is 174 Å². The summed E-state index contributed by atoms with van der Waals surface area (Å²) in [5.74, 6) is 1.81. The molecule has 0 bridgehead atoms. The van der Waals surface area contributed by atoms with E-state index in [1.54, 1.807) is 0 Å². The first kappa shape index (κ1) is 31.9. The molecule has 0 radical (unpaired) electrons. The van der Waals surface area contributed by atoms with Crippen LogP contribution in [0.5, 0.6) is 0 Å². The summed E-state index contributed by atoms with van der Waals surface area (Å²) in [4.78, 5) is 15.4. The zero-order chi connectivity index (χ0) is 37.0. The predicted molar refractivity (Wildman–Crippen MR) is 229 cm³/mol. The first-order chi connectivity index (χ1) is 27.7. The fraction of sp³-hybridized carbons (Fsp3) is 0. The third-order valence-electron chi connectivity index (χ3n) is 10.6. The van der Waals surface area contributed by atoms with E-state index in [0.29, 0.717) is 17.5 Å². The summed E-state index contributed by atoms with van der Waals surface area (Å²) in [5, 5.41) is 4.38. The molecule has 0 saturated heterocycles. The van der Waals surface area contributed by atoms with E-state index >= 15 is 0 Å². The van der Waals surface area contributed by atoms with Crippen LogP contribution in [0, 0.1) is 0 Å². The summed E-state index contributed by atoms with van der Waals surface area (Å²) < 4.78 is 9.08. The van der Waals surface area contributed by atoms with Crippen LogP contribution in [0.25, 0.3) is 106 Å². The molecule has 0 fully saturated rings. The lowest BCUT2D eigenvalue weighted by atomic mass is 10.0. The summed E-state index contributed by atoms with van der Waals surface area (Å²) in [7, 11) is 0. The van der Waals surface area contributed by atoms with Crippen molar-refractivity contribution < 1.29 is 4.42 Å². The minimum atomic E-state index is 0.593. The lowest BCUT2D eigenvalue weighted by Gasteiger charge is -2.11. The van der Waals surface area contributed by atoms with Crippen molar-refractivity contribution in [1.82, 2.24) is 19.5 Å². The van der Waals surface area contributed by atoms with Gasteiger partial charge >= 0.3 is 0 Å². The van der Waals surface area contributed by atoms with Crippen molar-refractivity contribution in [2.45, 2.75) is 0 Å². The molecule has 0 N–H and O–H groups in total. The number of fused-ring (bicyclic) bond motifs is 7. The van der Waals surface area contributed by atoms with Crippen molar-refractivity contribution in [3.05, 3.63) is 194 Å². The van der Waals surface area contributed by atoms with Gasteiger partial charge in [0.15, 0.2) is 23.1 Å². The molecule has 11 aromatic rings. The molecule has 0 saturated carbocycles. The molecule has 0 atom stereocenters. The van der Waals surface area contributed by atoms with E-state index in [4.69, 9.17) is 19.4 Å². The van der Waals surface area contributed by atoms with Gasteiger partial charge < -0.3 is 8.98 Å². The van der Waals surface area contributed by atoms with Crippen LogP contribution in [0.3, 0.4) is 0 Å². The zero-order valence-electron chi connectivity index (χ0n) is 30.2. The number of hydrogen-bond acceptors (Lipinski definition) is 4. The largest absolute Gasteiger partial charge is 0.454 e. The number of hydrogen-bond donors (Lipinski definition) is 0. The van der Waals surface area contributed by atoms with Crippen molar-refractivity contribution >= 4 is 43.7 Å². The summed E-state index contributed by atoms with van der Waals surface area (Å²) >= 11 is 0. The molecule has 11 rings (SSSR count). The van der Waals surface area contributed by atoms with Crippen molar-refractivity contribution in [3.63, 3.8) is 0 Å². The molecule has 0 aliphatic carbocycles. The Morgan fingerprint density at radius 3 is 1.46 bits per heavy atom. The van der Waals surface area contributed by atoms with Crippen LogP contribution in [0.15, 0.2) is 199 Å². The van der Waals surface area contributed by atoms with E-state index in [-0.39, 0.29) is 0 Å². The van der Waals surface area contributed by atoms with Crippen LogP contribution < -0.4 is 0 Å². The van der Waals surface area contributed by atoms with E-state index in [9.17, 15) is 0 Å². The van der Waals surface area contributed by atoms with Crippen LogP contribution in [0.1, 0.15) is 0 Å². The molecule has 8 aromatic carbocycles. The monoisotopic (exact) mass is 716 g/mol. The van der Waals surface area contributed by atoms with E-state index in [1.807, 2.05) is 24.3 Å². The van der Waals surface area contributed by atoms with Gasteiger partial charge in [0.2, 0.25) is 0 Å². The Morgan fingerprint density at radius 1 is 0.339 bits per heavy atom. The minimum Gasteiger partial charge on any atom is -0.454 e. The van der Waals surface area contributed by atoms with E-state index in [0.717, 1.165) is 83.0 Å². The maximum Gasteiger partial charge on any atom is 0.164 e. The Balaban J connectivity index is 1.11. The van der Waals surface area contributed by atoms with E-state index in [1.165, 1.54) is 5.39 Å². The normalized spacial score (nSPS) is 11.6. The van der Waals surface area contributed by atoms with Crippen LogP contribution in [-0.2, 0) is 0 Å². The molecule has 3 heterocycles. The smallest absolute Gasteiger partial charge is 0.164 e. The van der Waals surface area contributed by atoms with Crippen molar-refractivity contribution in [2.75, 3.05) is 0 Å². The SMILES string of the molecule is c1ccc(-c2cccc(-c3nc(-c4cccc(-c5ccccc5)c4)nc(-c4ccc5oc6c(ccc7c8ccccc8n(-c8ccccc8)c76)c5c4)n3)c2)cc1. The maximum absolute atomic E-state index is 6.77. The molecule has 5 heteroatoms. The number of para-hydroxylation sites is 2. The molecule has 0 amide bonds. The van der Waals surface area contributed by atoms with Crippen LogP contribution in [0.4, 0.5) is 0 Å². The first-order valence-corrected chi connectivity index (χ1v) is 18.8. The van der Waals surface area contributed by atoms with Gasteiger partial charge in [-0.1, -0.05) is 140 Å². The Kier molecular flexibility index (Phi) is 7.42. The Hall–Kier alpha value is -7.63. The van der Waals surface area contributed by atoms with Gasteiger partial charge in [-0.3, -0.25) is 0 Å². The summed E-state index contributed by atoms with van der Waals surface area (Å²) in [6, 6.07) is 67.3. The fourth-order valence-corrected chi connectivity index (χ4v) is 7.97. The average molecular weight is 717 g/mol. The zero-order valence-corrected chi connectivity index (χ0v) is 30.2. The van der Waals surface area contributed by atoms with Crippen molar-refractivity contribution in [2.24, 2.45) is 0 Å². The van der Waals surface area contributed by atoms with Gasteiger partial charge in [0.25, 0.3) is 0 Å². The molecule has 3 aromatic heterocycles. The standard InChI is InChI=1S/C51H32N4O/c1-4-14-33(15-5-1)35-18-12-20-37(30-35)49-52-50(38-21-13-19-36(31-38)34-16-6-2-7-17-34)54-51(53-49)39-26-29-46-44(32-39)43-28-27-42-41-24-10-11-25-45(41)55(47(42)48(43)56-46)40-22-8-3-9-23-40/h1-32H. The summed E-state index contributed by atoms with van der Waals surface area (Å²) in [6.45, 7) is 0. The third-order valence-corrected chi connectivity index (χ3v) is 10.6. The van der Waals surface area contributed by atoms with Gasteiger partial charge in [-0.2, -0.15) is 0 Å².